The molecular formula is C8H15NO. The quantitative estimate of drug-likeness (QED) is 0.650. The fourth-order valence-corrected chi connectivity index (χ4v) is 0.864. The topological polar surface area (TPSA) is 44.0 Å². The minimum atomic E-state index is -0.843. The summed E-state index contributed by atoms with van der Waals surface area (Å²) in [5.74, 6) is -0.225. The molecule has 0 saturated carbocycles. The number of nitriles is 1. The van der Waals surface area contributed by atoms with E-state index in [0.717, 1.165) is 12.8 Å². The van der Waals surface area contributed by atoms with E-state index < -0.39 is 5.60 Å². The summed E-state index contributed by atoms with van der Waals surface area (Å²) in [6.07, 6.45) is 1.72. The fraction of sp³-hybridized carbons (Fsp3) is 0.875. The van der Waals surface area contributed by atoms with Crippen molar-refractivity contribution in [2.75, 3.05) is 0 Å². The third kappa shape index (κ3) is 2.84. The molecule has 0 saturated heterocycles. The van der Waals surface area contributed by atoms with E-state index in [9.17, 15) is 5.11 Å². The number of nitrogens with zero attached hydrogens (tertiary/aromatic N) is 1. The van der Waals surface area contributed by atoms with Gasteiger partial charge in [-0.3, -0.25) is 0 Å². The zero-order chi connectivity index (χ0) is 8.20. The molecule has 0 amide bonds. The highest BCUT2D eigenvalue weighted by Crippen LogP contribution is 2.19. The van der Waals surface area contributed by atoms with Gasteiger partial charge in [-0.2, -0.15) is 5.26 Å². The third-order valence-electron chi connectivity index (χ3n) is 1.59. The Balaban J connectivity index is 3.98. The van der Waals surface area contributed by atoms with Crippen LogP contribution in [-0.2, 0) is 0 Å². The Labute approximate surface area is 62.5 Å². The Morgan fingerprint density at radius 3 is 2.20 bits per heavy atom. The standard InChI is InChI=1S/C8H15NO/c1-4-5-7(6-9)8(2,3)10/h7,10H,4-5H2,1-3H3. The van der Waals surface area contributed by atoms with Gasteiger partial charge in [0, 0.05) is 0 Å². The molecule has 10 heavy (non-hydrogen) atoms. The molecule has 0 bridgehead atoms. The van der Waals surface area contributed by atoms with Crippen LogP contribution in [0.25, 0.3) is 0 Å². The van der Waals surface area contributed by atoms with Gasteiger partial charge >= 0.3 is 0 Å². The van der Waals surface area contributed by atoms with E-state index in [1.54, 1.807) is 13.8 Å². The van der Waals surface area contributed by atoms with Gasteiger partial charge < -0.3 is 5.11 Å². The second kappa shape index (κ2) is 3.58. The van der Waals surface area contributed by atoms with Gasteiger partial charge in [-0.25, -0.2) is 0 Å². The van der Waals surface area contributed by atoms with Crippen LogP contribution in [0.2, 0.25) is 0 Å². The smallest absolute Gasteiger partial charge is 0.0749 e. The summed E-state index contributed by atoms with van der Waals surface area (Å²) < 4.78 is 0. The van der Waals surface area contributed by atoms with Crippen molar-refractivity contribution in [1.29, 1.82) is 5.26 Å². The first kappa shape index (κ1) is 9.45. The Kier molecular flexibility index (Phi) is 3.38. The van der Waals surface area contributed by atoms with Gasteiger partial charge in [0.05, 0.1) is 17.6 Å². The van der Waals surface area contributed by atoms with Crippen LogP contribution in [0.5, 0.6) is 0 Å². The first-order chi connectivity index (χ1) is 4.52. The largest absolute Gasteiger partial charge is 0.389 e. The van der Waals surface area contributed by atoms with Crippen molar-refractivity contribution >= 4 is 0 Å². The van der Waals surface area contributed by atoms with Crippen molar-refractivity contribution in [2.24, 2.45) is 5.92 Å². The zero-order valence-corrected chi connectivity index (χ0v) is 6.89. The lowest BCUT2D eigenvalue weighted by Gasteiger charge is -2.22. The van der Waals surface area contributed by atoms with Gasteiger partial charge in [0.2, 0.25) is 0 Å². The molecule has 0 spiro atoms. The maximum absolute atomic E-state index is 9.39. The van der Waals surface area contributed by atoms with Crippen LogP contribution in [0.3, 0.4) is 0 Å². The lowest BCUT2D eigenvalue weighted by molar-refractivity contribution is 0.0365. The second-order valence-electron chi connectivity index (χ2n) is 3.12. The van der Waals surface area contributed by atoms with Crippen LogP contribution in [0, 0.1) is 17.2 Å². The zero-order valence-electron chi connectivity index (χ0n) is 6.89. The normalized spacial score (nSPS) is 14.3. The van der Waals surface area contributed by atoms with E-state index in [2.05, 4.69) is 6.07 Å². The van der Waals surface area contributed by atoms with Crippen molar-refractivity contribution in [1.82, 2.24) is 0 Å². The summed E-state index contributed by atoms with van der Waals surface area (Å²) in [6.45, 7) is 5.36. The molecule has 1 N–H and O–H groups in total. The maximum atomic E-state index is 9.39. The molecule has 0 aromatic carbocycles. The monoisotopic (exact) mass is 141 g/mol. The van der Waals surface area contributed by atoms with E-state index in [1.807, 2.05) is 6.92 Å². The Morgan fingerprint density at radius 1 is 1.60 bits per heavy atom. The summed E-state index contributed by atoms with van der Waals surface area (Å²) >= 11 is 0. The molecular weight excluding hydrogens is 126 g/mol. The Hall–Kier alpha value is -0.550. The Morgan fingerprint density at radius 2 is 2.10 bits per heavy atom. The lowest BCUT2D eigenvalue weighted by Crippen LogP contribution is -2.29. The Bertz CT molecular complexity index is 129. The van der Waals surface area contributed by atoms with E-state index >= 15 is 0 Å². The average Bonchev–Trinajstić information content (AvgIpc) is 1.80. The molecule has 0 aromatic rings. The van der Waals surface area contributed by atoms with Crippen LogP contribution < -0.4 is 0 Å². The molecule has 2 nitrogen and oxygen atoms in total. The van der Waals surface area contributed by atoms with Gasteiger partial charge in [-0.15, -0.1) is 0 Å². The first-order valence-electron chi connectivity index (χ1n) is 3.64. The molecule has 1 unspecified atom stereocenters. The average molecular weight is 141 g/mol. The van der Waals surface area contributed by atoms with Gasteiger partial charge in [-0.05, 0) is 20.3 Å². The molecule has 0 fully saturated rings. The predicted molar refractivity (Wildman–Crippen MR) is 40.3 cm³/mol. The van der Waals surface area contributed by atoms with Crippen molar-refractivity contribution in [3.05, 3.63) is 0 Å². The first-order valence-corrected chi connectivity index (χ1v) is 3.64. The second-order valence-corrected chi connectivity index (χ2v) is 3.12. The van der Waals surface area contributed by atoms with E-state index in [1.165, 1.54) is 0 Å². The van der Waals surface area contributed by atoms with E-state index in [0.29, 0.717) is 0 Å². The minimum absolute atomic E-state index is 0.225. The fourth-order valence-electron chi connectivity index (χ4n) is 0.864. The van der Waals surface area contributed by atoms with Crippen LogP contribution in [0.1, 0.15) is 33.6 Å². The molecule has 0 radical (unpaired) electrons. The van der Waals surface area contributed by atoms with Crippen LogP contribution in [0.4, 0.5) is 0 Å². The molecule has 0 aliphatic rings. The molecule has 0 aliphatic carbocycles. The SMILES string of the molecule is CCCC(C#N)C(C)(C)O. The highest BCUT2D eigenvalue weighted by Gasteiger charge is 2.25. The predicted octanol–water partition coefficient (Wildman–Crippen LogP) is 1.70. The van der Waals surface area contributed by atoms with Gasteiger partial charge in [0.15, 0.2) is 0 Å². The summed E-state index contributed by atoms with van der Waals surface area (Å²) in [4.78, 5) is 0. The van der Waals surface area contributed by atoms with Gasteiger partial charge in [0.1, 0.15) is 0 Å². The molecule has 0 aromatic heterocycles. The number of hydrogen-bond donors (Lipinski definition) is 1. The molecule has 0 heterocycles. The van der Waals surface area contributed by atoms with Gasteiger partial charge in [-0.1, -0.05) is 13.3 Å². The van der Waals surface area contributed by atoms with Gasteiger partial charge in [0.25, 0.3) is 0 Å². The van der Waals surface area contributed by atoms with Crippen LogP contribution in [-0.4, -0.2) is 10.7 Å². The highest BCUT2D eigenvalue weighted by molar-refractivity contribution is 4.93. The van der Waals surface area contributed by atoms with Crippen LogP contribution in [0.15, 0.2) is 0 Å². The summed E-state index contributed by atoms with van der Waals surface area (Å²) in [5, 5.41) is 18.0. The van der Waals surface area contributed by atoms with E-state index in [4.69, 9.17) is 5.26 Å². The lowest BCUT2D eigenvalue weighted by atomic mass is 9.89. The highest BCUT2D eigenvalue weighted by atomic mass is 16.3. The summed E-state index contributed by atoms with van der Waals surface area (Å²) in [5.41, 5.74) is -0.843. The van der Waals surface area contributed by atoms with Crippen LogP contribution >= 0.6 is 0 Å². The van der Waals surface area contributed by atoms with Crippen molar-refractivity contribution in [2.45, 2.75) is 39.2 Å². The maximum Gasteiger partial charge on any atom is 0.0749 e. The molecule has 2 heteroatoms. The van der Waals surface area contributed by atoms with E-state index in [-0.39, 0.29) is 5.92 Å². The third-order valence-corrected chi connectivity index (χ3v) is 1.59. The number of rotatable bonds is 3. The van der Waals surface area contributed by atoms with Crippen molar-refractivity contribution < 1.29 is 5.11 Å². The molecule has 0 aliphatic heterocycles. The number of hydrogen-bond acceptors (Lipinski definition) is 2. The molecule has 0 rings (SSSR count). The van der Waals surface area contributed by atoms with Crippen molar-refractivity contribution in [3.8, 4) is 6.07 Å². The minimum Gasteiger partial charge on any atom is -0.389 e. The summed E-state index contributed by atoms with van der Waals surface area (Å²) in [7, 11) is 0. The molecule has 58 valence electrons. The summed E-state index contributed by atoms with van der Waals surface area (Å²) in [6, 6.07) is 2.09. The molecule has 1 atom stereocenters. The number of aliphatic hydroxyl groups is 1. The van der Waals surface area contributed by atoms with Crippen molar-refractivity contribution in [3.63, 3.8) is 0 Å².